The molecule has 0 bridgehead atoms. The van der Waals surface area contributed by atoms with Gasteiger partial charge in [-0.25, -0.2) is 9.18 Å². The monoisotopic (exact) mass is 372 g/mol. The fourth-order valence-corrected chi connectivity index (χ4v) is 2.43. The molecule has 0 aliphatic heterocycles. The zero-order valence-electron chi connectivity index (χ0n) is 8.99. The summed E-state index contributed by atoms with van der Waals surface area (Å²) in [7, 11) is 0. The van der Waals surface area contributed by atoms with E-state index in [0.717, 1.165) is 4.47 Å². The molecule has 0 amide bonds. The SMILES string of the molecule is O=C(Oc1ccc(Br)cc1Br)c1ccc(F)cc1. The van der Waals surface area contributed by atoms with E-state index in [1.807, 2.05) is 0 Å². The van der Waals surface area contributed by atoms with E-state index >= 15 is 0 Å². The van der Waals surface area contributed by atoms with Crippen molar-refractivity contribution >= 4 is 37.8 Å². The molecule has 5 heteroatoms. The molecule has 0 spiro atoms. The lowest BCUT2D eigenvalue weighted by Crippen LogP contribution is -2.08. The predicted molar refractivity (Wildman–Crippen MR) is 73.2 cm³/mol. The molecule has 0 aliphatic carbocycles. The van der Waals surface area contributed by atoms with Gasteiger partial charge in [0.05, 0.1) is 10.0 Å². The normalized spacial score (nSPS) is 10.2. The van der Waals surface area contributed by atoms with Crippen LogP contribution in [0.5, 0.6) is 5.75 Å². The molecular weight excluding hydrogens is 367 g/mol. The van der Waals surface area contributed by atoms with Crippen LogP contribution in [0, 0.1) is 5.82 Å². The highest BCUT2D eigenvalue weighted by Crippen LogP contribution is 2.28. The third kappa shape index (κ3) is 3.17. The average molecular weight is 374 g/mol. The number of carbonyl (C=O) groups is 1. The number of hydrogen-bond donors (Lipinski definition) is 0. The van der Waals surface area contributed by atoms with Gasteiger partial charge in [0, 0.05) is 4.47 Å². The molecule has 92 valence electrons. The number of carbonyl (C=O) groups excluding carboxylic acids is 1. The second kappa shape index (κ2) is 5.63. The van der Waals surface area contributed by atoms with Crippen LogP contribution in [0.15, 0.2) is 51.4 Å². The van der Waals surface area contributed by atoms with Crippen molar-refractivity contribution in [2.75, 3.05) is 0 Å². The van der Waals surface area contributed by atoms with Crippen LogP contribution in [-0.2, 0) is 0 Å². The van der Waals surface area contributed by atoms with Crippen molar-refractivity contribution in [1.82, 2.24) is 0 Å². The summed E-state index contributed by atoms with van der Waals surface area (Å²) in [5, 5.41) is 0. The summed E-state index contributed by atoms with van der Waals surface area (Å²) in [6.45, 7) is 0. The summed E-state index contributed by atoms with van der Waals surface area (Å²) in [5.41, 5.74) is 0.297. The number of ether oxygens (including phenoxy) is 1. The van der Waals surface area contributed by atoms with Gasteiger partial charge >= 0.3 is 5.97 Å². The Labute approximate surface area is 120 Å². The van der Waals surface area contributed by atoms with Crippen molar-refractivity contribution in [3.05, 3.63) is 62.8 Å². The van der Waals surface area contributed by atoms with Crippen LogP contribution in [0.2, 0.25) is 0 Å². The van der Waals surface area contributed by atoms with E-state index in [0.29, 0.717) is 15.8 Å². The highest BCUT2D eigenvalue weighted by Gasteiger charge is 2.11. The maximum Gasteiger partial charge on any atom is 0.343 e. The van der Waals surface area contributed by atoms with Gasteiger partial charge in [-0.05, 0) is 58.4 Å². The third-order valence-corrected chi connectivity index (χ3v) is 3.29. The first kappa shape index (κ1) is 13.2. The molecule has 0 radical (unpaired) electrons. The van der Waals surface area contributed by atoms with Gasteiger partial charge in [0.15, 0.2) is 0 Å². The van der Waals surface area contributed by atoms with Gasteiger partial charge in [0.1, 0.15) is 11.6 Å². The summed E-state index contributed by atoms with van der Waals surface area (Å²) < 4.78 is 19.4. The first-order chi connectivity index (χ1) is 8.56. The summed E-state index contributed by atoms with van der Waals surface area (Å²) in [5.74, 6) is -0.512. The molecule has 0 saturated heterocycles. The Morgan fingerprint density at radius 2 is 1.72 bits per heavy atom. The minimum Gasteiger partial charge on any atom is -0.422 e. The number of hydrogen-bond acceptors (Lipinski definition) is 2. The van der Waals surface area contributed by atoms with E-state index < -0.39 is 11.8 Å². The minimum absolute atomic E-state index is 0.297. The Morgan fingerprint density at radius 3 is 2.33 bits per heavy atom. The maximum atomic E-state index is 12.7. The molecule has 2 aromatic rings. The molecule has 0 fully saturated rings. The Bertz CT molecular complexity index is 582. The fraction of sp³-hybridized carbons (Fsp3) is 0. The topological polar surface area (TPSA) is 26.3 Å². The van der Waals surface area contributed by atoms with Crippen molar-refractivity contribution < 1.29 is 13.9 Å². The molecule has 0 atom stereocenters. The third-order valence-electron chi connectivity index (χ3n) is 2.18. The minimum atomic E-state index is -0.530. The van der Waals surface area contributed by atoms with Crippen LogP contribution in [-0.4, -0.2) is 5.97 Å². The van der Waals surface area contributed by atoms with Crippen molar-refractivity contribution in [3.63, 3.8) is 0 Å². The second-order valence-electron chi connectivity index (χ2n) is 3.47. The van der Waals surface area contributed by atoms with Gasteiger partial charge in [0.25, 0.3) is 0 Å². The molecule has 2 aromatic carbocycles. The van der Waals surface area contributed by atoms with Gasteiger partial charge in [0.2, 0.25) is 0 Å². The summed E-state index contributed by atoms with van der Waals surface area (Å²) in [4.78, 5) is 11.8. The van der Waals surface area contributed by atoms with Gasteiger partial charge in [-0.1, -0.05) is 15.9 Å². The number of esters is 1. The zero-order chi connectivity index (χ0) is 13.1. The Kier molecular flexibility index (Phi) is 4.14. The quantitative estimate of drug-likeness (QED) is 0.569. The average Bonchev–Trinajstić information content (AvgIpc) is 2.33. The molecule has 0 heterocycles. The van der Waals surface area contributed by atoms with E-state index in [9.17, 15) is 9.18 Å². The standard InChI is InChI=1S/C13H7Br2FO2/c14-9-3-6-12(11(15)7-9)18-13(17)8-1-4-10(16)5-2-8/h1-7H. The number of halogens is 3. The summed E-state index contributed by atoms with van der Waals surface area (Å²) >= 11 is 6.60. The highest BCUT2D eigenvalue weighted by atomic mass is 79.9. The van der Waals surface area contributed by atoms with Crippen LogP contribution in [0.3, 0.4) is 0 Å². The molecular formula is C13H7Br2FO2. The van der Waals surface area contributed by atoms with Crippen molar-refractivity contribution in [1.29, 1.82) is 0 Å². The van der Waals surface area contributed by atoms with Crippen LogP contribution in [0.4, 0.5) is 4.39 Å². The lowest BCUT2D eigenvalue weighted by Gasteiger charge is -2.06. The molecule has 0 aliphatic rings. The Hall–Kier alpha value is -1.20. The lowest BCUT2D eigenvalue weighted by molar-refractivity contribution is 0.0733. The molecule has 2 rings (SSSR count). The smallest absolute Gasteiger partial charge is 0.343 e. The second-order valence-corrected chi connectivity index (χ2v) is 5.24. The number of benzene rings is 2. The zero-order valence-corrected chi connectivity index (χ0v) is 12.2. The molecule has 2 nitrogen and oxygen atoms in total. The predicted octanol–water partition coefficient (Wildman–Crippen LogP) is 4.57. The van der Waals surface area contributed by atoms with E-state index in [1.54, 1.807) is 18.2 Å². The first-order valence-corrected chi connectivity index (χ1v) is 6.57. The van der Waals surface area contributed by atoms with Gasteiger partial charge in [-0.3, -0.25) is 0 Å². The Balaban J connectivity index is 2.18. The van der Waals surface area contributed by atoms with Crippen molar-refractivity contribution in [2.45, 2.75) is 0 Å². The number of rotatable bonds is 2. The Morgan fingerprint density at radius 1 is 1.06 bits per heavy atom. The first-order valence-electron chi connectivity index (χ1n) is 4.99. The molecule has 18 heavy (non-hydrogen) atoms. The molecule has 0 N–H and O–H groups in total. The van der Waals surface area contributed by atoms with Crippen LogP contribution >= 0.6 is 31.9 Å². The van der Waals surface area contributed by atoms with Crippen LogP contribution in [0.1, 0.15) is 10.4 Å². The van der Waals surface area contributed by atoms with Crippen LogP contribution < -0.4 is 4.74 Å². The summed E-state index contributed by atoms with van der Waals surface area (Å²) in [6, 6.07) is 10.4. The maximum absolute atomic E-state index is 12.7. The van der Waals surface area contributed by atoms with Crippen molar-refractivity contribution in [3.8, 4) is 5.75 Å². The van der Waals surface area contributed by atoms with E-state index in [2.05, 4.69) is 31.9 Å². The molecule has 0 aromatic heterocycles. The lowest BCUT2D eigenvalue weighted by atomic mass is 10.2. The van der Waals surface area contributed by atoms with Crippen LogP contribution in [0.25, 0.3) is 0 Å². The van der Waals surface area contributed by atoms with E-state index in [4.69, 9.17) is 4.74 Å². The molecule has 0 unspecified atom stereocenters. The van der Waals surface area contributed by atoms with Gasteiger partial charge in [-0.15, -0.1) is 0 Å². The van der Waals surface area contributed by atoms with Crippen molar-refractivity contribution in [2.24, 2.45) is 0 Å². The van der Waals surface area contributed by atoms with Gasteiger partial charge < -0.3 is 4.74 Å². The molecule has 0 saturated carbocycles. The highest BCUT2D eigenvalue weighted by molar-refractivity contribution is 9.11. The van der Waals surface area contributed by atoms with E-state index in [-0.39, 0.29) is 0 Å². The summed E-state index contributed by atoms with van der Waals surface area (Å²) in [6.07, 6.45) is 0. The largest absolute Gasteiger partial charge is 0.422 e. The van der Waals surface area contributed by atoms with E-state index in [1.165, 1.54) is 24.3 Å². The van der Waals surface area contributed by atoms with Gasteiger partial charge in [-0.2, -0.15) is 0 Å². The fourth-order valence-electron chi connectivity index (χ4n) is 1.30.